The molecule has 2 aliphatic rings. The molecule has 2 fully saturated rings. The standard InChI is InChI=1S/C18H20N4O2.C2HF3O2/c19-7-13-2-1-3-15(6-13)23-11-14-12-24-17-9-22(8-16(14)17)10-18-20-4-5-21-18;3-2(4,5)1(6)7/h1-6,14,16-17H,8-12H2,(H,20,21);(H,6,7)/t14-,16-,17-;/m1./s1. The molecular weight excluding hydrogens is 417 g/mol. The van der Waals surface area contributed by atoms with Crippen LogP contribution in [0.5, 0.6) is 5.75 Å². The highest BCUT2D eigenvalue weighted by Crippen LogP contribution is 2.34. The molecule has 0 radical (unpaired) electrons. The molecule has 1 aromatic heterocycles. The lowest BCUT2D eigenvalue weighted by atomic mass is 9.94. The zero-order valence-corrected chi connectivity index (χ0v) is 16.4. The average molecular weight is 438 g/mol. The van der Waals surface area contributed by atoms with Gasteiger partial charge in [-0.3, -0.25) is 4.90 Å². The van der Waals surface area contributed by atoms with Crippen LogP contribution in [0.15, 0.2) is 36.7 Å². The van der Waals surface area contributed by atoms with E-state index in [1.165, 1.54) is 0 Å². The van der Waals surface area contributed by atoms with Gasteiger partial charge in [0.1, 0.15) is 11.6 Å². The molecule has 2 aliphatic heterocycles. The number of nitriles is 1. The number of alkyl halides is 3. The first-order valence-corrected chi connectivity index (χ1v) is 9.51. The van der Waals surface area contributed by atoms with Gasteiger partial charge in [-0.05, 0) is 18.2 Å². The van der Waals surface area contributed by atoms with Crippen LogP contribution in [0.1, 0.15) is 11.4 Å². The largest absolute Gasteiger partial charge is 0.493 e. The van der Waals surface area contributed by atoms with Gasteiger partial charge in [-0.25, -0.2) is 9.78 Å². The fourth-order valence-corrected chi connectivity index (χ4v) is 3.64. The van der Waals surface area contributed by atoms with Crippen LogP contribution < -0.4 is 4.74 Å². The summed E-state index contributed by atoms with van der Waals surface area (Å²) in [5, 5.41) is 16.1. The second-order valence-corrected chi connectivity index (χ2v) is 7.28. The van der Waals surface area contributed by atoms with Crippen molar-refractivity contribution in [2.24, 2.45) is 11.8 Å². The number of hydrogen-bond donors (Lipinski definition) is 2. The smallest absolute Gasteiger partial charge is 0.490 e. The number of carboxylic acid groups (broad SMARTS) is 1. The molecule has 2 saturated heterocycles. The van der Waals surface area contributed by atoms with Crippen molar-refractivity contribution in [2.75, 3.05) is 26.3 Å². The number of rotatable bonds is 5. The Hall–Kier alpha value is -3.10. The predicted molar refractivity (Wildman–Crippen MR) is 101 cm³/mol. The lowest BCUT2D eigenvalue weighted by Gasteiger charge is -2.19. The van der Waals surface area contributed by atoms with Crippen LogP contribution in [-0.4, -0.2) is 64.5 Å². The zero-order chi connectivity index (χ0) is 22.4. The molecule has 0 spiro atoms. The molecule has 166 valence electrons. The fraction of sp³-hybridized carbons (Fsp3) is 0.450. The number of aliphatic carboxylic acids is 1. The number of halogens is 3. The van der Waals surface area contributed by atoms with Crippen molar-refractivity contribution in [3.05, 3.63) is 48.0 Å². The number of nitrogens with one attached hydrogen (secondary N) is 1. The molecule has 2 aromatic rings. The maximum absolute atomic E-state index is 10.6. The quantitative estimate of drug-likeness (QED) is 0.738. The summed E-state index contributed by atoms with van der Waals surface area (Å²) in [6.07, 6.45) is -1.15. The Kier molecular flexibility index (Phi) is 7.14. The Labute approximate surface area is 176 Å². The van der Waals surface area contributed by atoms with E-state index in [4.69, 9.17) is 24.6 Å². The van der Waals surface area contributed by atoms with Crippen LogP contribution in [-0.2, 0) is 16.1 Å². The highest BCUT2D eigenvalue weighted by molar-refractivity contribution is 5.73. The zero-order valence-electron chi connectivity index (χ0n) is 16.4. The van der Waals surface area contributed by atoms with Gasteiger partial charge in [0.05, 0.1) is 37.5 Å². The van der Waals surface area contributed by atoms with Gasteiger partial charge in [-0.2, -0.15) is 18.4 Å². The third kappa shape index (κ3) is 6.19. The van der Waals surface area contributed by atoms with Crippen molar-refractivity contribution in [1.82, 2.24) is 14.9 Å². The van der Waals surface area contributed by atoms with Crippen molar-refractivity contribution in [3.8, 4) is 11.8 Å². The molecule has 3 atom stereocenters. The molecule has 0 unspecified atom stereocenters. The summed E-state index contributed by atoms with van der Waals surface area (Å²) in [5.74, 6) is -0.118. The van der Waals surface area contributed by atoms with E-state index < -0.39 is 12.1 Å². The van der Waals surface area contributed by atoms with E-state index in [0.29, 0.717) is 30.1 Å². The minimum atomic E-state index is -5.08. The van der Waals surface area contributed by atoms with E-state index in [0.717, 1.165) is 37.8 Å². The number of imidazole rings is 1. The third-order valence-corrected chi connectivity index (χ3v) is 5.11. The maximum Gasteiger partial charge on any atom is 0.490 e. The Morgan fingerprint density at radius 3 is 2.84 bits per heavy atom. The number of aromatic amines is 1. The molecule has 0 aliphatic carbocycles. The Balaban J connectivity index is 0.000000339. The Morgan fingerprint density at radius 1 is 1.42 bits per heavy atom. The molecule has 8 nitrogen and oxygen atoms in total. The summed E-state index contributed by atoms with van der Waals surface area (Å²) in [7, 11) is 0. The first kappa shape index (κ1) is 22.6. The minimum absolute atomic E-state index is 0.291. The summed E-state index contributed by atoms with van der Waals surface area (Å²) in [5.41, 5.74) is 0.624. The van der Waals surface area contributed by atoms with Gasteiger partial charge >= 0.3 is 12.1 Å². The van der Waals surface area contributed by atoms with Crippen LogP contribution in [0.2, 0.25) is 0 Å². The van der Waals surface area contributed by atoms with Gasteiger partial charge in [-0.15, -0.1) is 0 Å². The fourth-order valence-electron chi connectivity index (χ4n) is 3.64. The first-order valence-electron chi connectivity index (χ1n) is 9.51. The van der Waals surface area contributed by atoms with Crippen molar-refractivity contribution in [1.29, 1.82) is 5.26 Å². The van der Waals surface area contributed by atoms with Crippen molar-refractivity contribution in [3.63, 3.8) is 0 Å². The van der Waals surface area contributed by atoms with Crippen LogP contribution in [0, 0.1) is 23.2 Å². The number of carbonyl (C=O) groups is 1. The third-order valence-electron chi connectivity index (χ3n) is 5.11. The lowest BCUT2D eigenvalue weighted by Crippen LogP contribution is -2.26. The second kappa shape index (κ2) is 9.80. The molecule has 1 aromatic carbocycles. The highest BCUT2D eigenvalue weighted by Gasteiger charge is 2.44. The predicted octanol–water partition coefficient (Wildman–Crippen LogP) is 2.44. The summed E-state index contributed by atoms with van der Waals surface area (Å²) in [6.45, 7) is 4.18. The molecule has 11 heteroatoms. The average Bonchev–Trinajstić information content (AvgIpc) is 3.45. The van der Waals surface area contributed by atoms with E-state index in [2.05, 4.69) is 20.9 Å². The van der Waals surface area contributed by atoms with E-state index in [9.17, 15) is 13.2 Å². The Morgan fingerprint density at radius 2 is 2.19 bits per heavy atom. The van der Waals surface area contributed by atoms with Crippen molar-refractivity contribution < 1.29 is 32.5 Å². The number of likely N-dealkylation sites (tertiary alicyclic amines) is 1. The number of fused-ring (bicyclic) bond motifs is 1. The summed E-state index contributed by atoms with van der Waals surface area (Å²) in [6, 6.07) is 9.45. The van der Waals surface area contributed by atoms with Gasteiger partial charge in [0.2, 0.25) is 0 Å². The maximum atomic E-state index is 10.6. The van der Waals surface area contributed by atoms with Crippen LogP contribution in [0.3, 0.4) is 0 Å². The molecule has 0 saturated carbocycles. The topological polar surface area (TPSA) is 111 Å². The van der Waals surface area contributed by atoms with E-state index in [-0.39, 0.29) is 0 Å². The highest BCUT2D eigenvalue weighted by atomic mass is 19.4. The van der Waals surface area contributed by atoms with Gasteiger partial charge < -0.3 is 19.6 Å². The molecule has 0 bridgehead atoms. The summed E-state index contributed by atoms with van der Waals surface area (Å²) in [4.78, 5) is 18.7. The first-order chi connectivity index (χ1) is 14.8. The number of nitrogens with zero attached hydrogens (tertiary/aromatic N) is 3. The van der Waals surface area contributed by atoms with Gasteiger partial charge in [0.25, 0.3) is 0 Å². The molecule has 31 heavy (non-hydrogen) atoms. The molecule has 0 amide bonds. The van der Waals surface area contributed by atoms with E-state index in [1.54, 1.807) is 18.3 Å². The number of aromatic nitrogens is 2. The molecular formula is C20H21F3N4O4. The van der Waals surface area contributed by atoms with Crippen LogP contribution >= 0.6 is 0 Å². The summed E-state index contributed by atoms with van der Waals surface area (Å²) >= 11 is 0. The normalized spacial score (nSPS) is 22.8. The van der Waals surface area contributed by atoms with Crippen LogP contribution in [0.4, 0.5) is 13.2 Å². The number of H-pyrrole nitrogens is 1. The van der Waals surface area contributed by atoms with E-state index in [1.807, 2.05) is 18.3 Å². The lowest BCUT2D eigenvalue weighted by molar-refractivity contribution is -0.192. The minimum Gasteiger partial charge on any atom is -0.493 e. The van der Waals surface area contributed by atoms with Gasteiger partial charge in [0.15, 0.2) is 0 Å². The SMILES string of the molecule is N#Cc1cccc(OC[C@@H]2CO[C@@H]3CN(Cc4ncc[nH]4)C[C@H]23)c1.O=C(O)C(F)(F)F. The summed E-state index contributed by atoms with van der Waals surface area (Å²) < 4.78 is 43.6. The second-order valence-electron chi connectivity index (χ2n) is 7.28. The number of carboxylic acids is 1. The van der Waals surface area contributed by atoms with E-state index >= 15 is 0 Å². The number of hydrogen-bond acceptors (Lipinski definition) is 6. The monoisotopic (exact) mass is 438 g/mol. The molecule has 4 rings (SSSR count). The van der Waals surface area contributed by atoms with Crippen molar-refractivity contribution in [2.45, 2.75) is 18.8 Å². The van der Waals surface area contributed by atoms with Gasteiger partial charge in [0, 0.05) is 37.3 Å². The number of benzene rings is 1. The Bertz CT molecular complexity index is 914. The van der Waals surface area contributed by atoms with Crippen LogP contribution in [0.25, 0.3) is 0 Å². The van der Waals surface area contributed by atoms with Gasteiger partial charge in [-0.1, -0.05) is 6.07 Å². The molecule has 2 N–H and O–H groups in total. The van der Waals surface area contributed by atoms with Crippen molar-refractivity contribution >= 4 is 5.97 Å². The number of ether oxygens (including phenoxy) is 2. The molecule has 3 heterocycles.